The van der Waals surface area contributed by atoms with Gasteiger partial charge in [-0.25, -0.2) is 8.42 Å². The molecule has 150 valence electrons. The Morgan fingerprint density at radius 1 is 0.828 bits per heavy atom. The minimum absolute atomic E-state index is 0.0710. The van der Waals surface area contributed by atoms with Crippen molar-refractivity contribution < 1.29 is 13.2 Å². The summed E-state index contributed by atoms with van der Waals surface area (Å²) < 4.78 is 28.1. The van der Waals surface area contributed by atoms with Gasteiger partial charge in [0.05, 0.1) is 20.6 Å². The normalized spacial score (nSPS) is 12.3. The lowest BCUT2D eigenvalue weighted by atomic mass is 10.1. The molecular weight excluding hydrogens is 431 g/mol. The van der Waals surface area contributed by atoms with Crippen LogP contribution >= 0.6 is 23.2 Å². The van der Waals surface area contributed by atoms with Crippen LogP contribution in [0.1, 0.15) is 5.56 Å². The maximum Gasteiger partial charge on any atom is 0.242 e. The first-order valence-corrected chi connectivity index (χ1v) is 11.0. The predicted octanol–water partition coefficient (Wildman–Crippen LogP) is 4.52. The molecule has 2 N–H and O–H groups in total. The van der Waals surface area contributed by atoms with E-state index in [9.17, 15) is 13.2 Å². The van der Waals surface area contributed by atoms with Gasteiger partial charge in [0.15, 0.2) is 0 Å². The van der Waals surface area contributed by atoms with E-state index in [-0.39, 0.29) is 27.0 Å². The number of para-hydroxylation sites is 1. The number of anilines is 1. The van der Waals surface area contributed by atoms with Gasteiger partial charge in [0.1, 0.15) is 6.04 Å². The van der Waals surface area contributed by atoms with Gasteiger partial charge < -0.3 is 5.32 Å². The summed E-state index contributed by atoms with van der Waals surface area (Å²) in [5, 5.41) is 3.16. The number of carbonyl (C=O) groups is 1. The van der Waals surface area contributed by atoms with Crippen molar-refractivity contribution in [1.29, 1.82) is 0 Å². The summed E-state index contributed by atoms with van der Waals surface area (Å²) in [4.78, 5) is 13.0. The molecule has 29 heavy (non-hydrogen) atoms. The Morgan fingerprint density at radius 3 is 1.97 bits per heavy atom. The second-order valence-corrected chi connectivity index (χ2v) is 8.79. The average molecular weight is 449 g/mol. The number of carbonyl (C=O) groups excluding carboxylic acids is 1. The highest BCUT2D eigenvalue weighted by Gasteiger charge is 2.27. The molecule has 3 aromatic carbocycles. The quantitative estimate of drug-likeness (QED) is 0.557. The minimum atomic E-state index is -3.91. The van der Waals surface area contributed by atoms with Crippen LogP contribution in [-0.4, -0.2) is 20.4 Å². The summed E-state index contributed by atoms with van der Waals surface area (Å²) in [6.45, 7) is 0. The standard InChI is InChI=1S/C21H18Cl2N2O3S/c22-17-12-7-13-18(23)20(17)24-21(26)19(14-15-8-3-1-4-9-15)25-29(27,28)16-10-5-2-6-11-16/h1-13,19,25H,14H2,(H,24,26)/t19-/m0/s1. The van der Waals surface area contributed by atoms with Gasteiger partial charge in [-0.05, 0) is 36.2 Å². The minimum Gasteiger partial charge on any atom is -0.322 e. The van der Waals surface area contributed by atoms with Gasteiger partial charge in [-0.3, -0.25) is 4.79 Å². The average Bonchev–Trinajstić information content (AvgIpc) is 2.71. The maximum atomic E-state index is 13.0. The summed E-state index contributed by atoms with van der Waals surface area (Å²) in [6.07, 6.45) is 0.154. The number of nitrogens with one attached hydrogen (secondary N) is 2. The smallest absolute Gasteiger partial charge is 0.242 e. The van der Waals surface area contributed by atoms with Crippen molar-refractivity contribution in [3.8, 4) is 0 Å². The zero-order chi connectivity index (χ0) is 20.9. The van der Waals surface area contributed by atoms with Gasteiger partial charge >= 0.3 is 0 Å². The van der Waals surface area contributed by atoms with E-state index in [0.717, 1.165) is 5.56 Å². The zero-order valence-corrected chi connectivity index (χ0v) is 17.5. The predicted molar refractivity (Wildman–Crippen MR) is 116 cm³/mol. The zero-order valence-electron chi connectivity index (χ0n) is 15.2. The Kier molecular flexibility index (Phi) is 6.92. The third-order valence-corrected chi connectivity index (χ3v) is 6.28. The Labute approximate surface area is 179 Å². The van der Waals surface area contributed by atoms with Crippen molar-refractivity contribution in [2.45, 2.75) is 17.4 Å². The van der Waals surface area contributed by atoms with Crippen molar-refractivity contribution in [2.75, 3.05) is 5.32 Å². The molecular formula is C21H18Cl2N2O3S. The maximum absolute atomic E-state index is 13.0. The number of hydrogen-bond acceptors (Lipinski definition) is 3. The second kappa shape index (κ2) is 9.41. The molecule has 1 amide bonds. The number of hydrogen-bond donors (Lipinski definition) is 2. The van der Waals surface area contributed by atoms with Gasteiger partial charge in [0, 0.05) is 0 Å². The molecule has 0 aliphatic heterocycles. The molecule has 0 aliphatic carbocycles. The van der Waals surface area contributed by atoms with Crippen LogP contribution in [0.2, 0.25) is 10.0 Å². The lowest BCUT2D eigenvalue weighted by Crippen LogP contribution is -2.45. The first kappa shape index (κ1) is 21.3. The summed E-state index contributed by atoms with van der Waals surface area (Å²) in [7, 11) is -3.91. The number of halogens is 2. The molecule has 0 saturated carbocycles. The van der Waals surface area contributed by atoms with Crippen LogP contribution in [0.25, 0.3) is 0 Å². The van der Waals surface area contributed by atoms with E-state index < -0.39 is 22.0 Å². The van der Waals surface area contributed by atoms with E-state index in [2.05, 4.69) is 10.0 Å². The molecule has 0 spiro atoms. The van der Waals surface area contributed by atoms with Gasteiger partial charge in [-0.2, -0.15) is 4.72 Å². The SMILES string of the molecule is O=C(Nc1c(Cl)cccc1Cl)[C@H](Cc1ccccc1)NS(=O)(=O)c1ccccc1. The first-order chi connectivity index (χ1) is 13.9. The fourth-order valence-electron chi connectivity index (χ4n) is 2.72. The van der Waals surface area contributed by atoms with Crippen molar-refractivity contribution in [3.05, 3.63) is 94.5 Å². The highest BCUT2D eigenvalue weighted by Crippen LogP contribution is 2.30. The Hall–Kier alpha value is -2.38. The molecule has 1 atom stereocenters. The first-order valence-electron chi connectivity index (χ1n) is 8.73. The fourth-order valence-corrected chi connectivity index (χ4v) is 4.43. The summed E-state index contributed by atoms with van der Waals surface area (Å²) >= 11 is 12.3. The fraction of sp³-hybridized carbons (Fsp3) is 0.0952. The van der Waals surface area contributed by atoms with Crippen LogP contribution in [0.4, 0.5) is 5.69 Å². The van der Waals surface area contributed by atoms with Gasteiger partial charge in [-0.1, -0.05) is 77.8 Å². The third kappa shape index (κ3) is 5.58. The Bertz CT molecular complexity index is 1070. The lowest BCUT2D eigenvalue weighted by molar-refractivity contribution is -0.117. The van der Waals surface area contributed by atoms with Crippen LogP contribution in [0.5, 0.6) is 0 Å². The molecule has 3 aromatic rings. The van der Waals surface area contributed by atoms with Crippen LogP contribution in [0, 0.1) is 0 Å². The molecule has 0 aliphatic rings. The van der Waals surface area contributed by atoms with Crippen molar-refractivity contribution in [2.24, 2.45) is 0 Å². The summed E-state index contributed by atoms with van der Waals surface area (Å²) in [6, 6.07) is 20.7. The highest BCUT2D eigenvalue weighted by molar-refractivity contribution is 7.89. The molecule has 0 unspecified atom stereocenters. The third-order valence-electron chi connectivity index (χ3n) is 4.16. The van der Waals surface area contributed by atoms with Gasteiger partial charge in [-0.15, -0.1) is 0 Å². The monoisotopic (exact) mass is 448 g/mol. The molecule has 0 heterocycles. The Balaban J connectivity index is 1.89. The second-order valence-electron chi connectivity index (χ2n) is 6.26. The van der Waals surface area contributed by atoms with Crippen molar-refractivity contribution in [3.63, 3.8) is 0 Å². The molecule has 0 aromatic heterocycles. The number of rotatable bonds is 7. The van der Waals surface area contributed by atoms with E-state index in [1.807, 2.05) is 30.3 Å². The van der Waals surface area contributed by atoms with Crippen molar-refractivity contribution in [1.82, 2.24) is 4.72 Å². The molecule has 0 radical (unpaired) electrons. The molecule has 0 fully saturated rings. The van der Waals surface area contributed by atoms with Crippen LogP contribution < -0.4 is 10.0 Å². The molecule has 0 saturated heterocycles. The van der Waals surface area contributed by atoms with E-state index >= 15 is 0 Å². The highest BCUT2D eigenvalue weighted by atomic mass is 35.5. The molecule has 0 bridgehead atoms. The van der Waals surface area contributed by atoms with E-state index in [1.54, 1.807) is 36.4 Å². The topological polar surface area (TPSA) is 75.3 Å². The summed E-state index contributed by atoms with van der Waals surface area (Å²) in [5.41, 5.74) is 1.03. The number of benzene rings is 3. The van der Waals surface area contributed by atoms with Crippen molar-refractivity contribution >= 4 is 44.8 Å². The largest absolute Gasteiger partial charge is 0.322 e. The molecule has 3 rings (SSSR count). The molecule has 8 heteroatoms. The number of amides is 1. The van der Waals surface area contributed by atoms with Gasteiger partial charge in [0.25, 0.3) is 0 Å². The van der Waals surface area contributed by atoms with Gasteiger partial charge in [0.2, 0.25) is 15.9 Å². The van der Waals surface area contributed by atoms with E-state index in [0.29, 0.717) is 0 Å². The summed E-state index contributed by atoms with van der Waals surface area (Å²) in [5.74, 6) is -0.566. The van der Waals surface area contributed by atoms with Crippen LogP contribution in [0.3, 0.4) is 0 Å². The van der Waals surface area contributed by atoms with E-state index in [1.165, 1.54) is 12.1 Å². The van der Waals surface area contributed by atoms with E-state index in [4.69, 9.17) is 23.2 Å². The Morgan fingerprint density at radius 2 is 1.38 bits per heavy atom. The number of sulfonamides is 1. The van der Waals surface area contributed by atoms with Crippen LogP contribution in [-0.2, 0) is 21.2 Å². The molecule has 5 nitrogen and oxygen atoms in total. The lowest BCUT2D eigenvalue weighted by Gasteiger charge is -2.19. The van der Waals surface area contributed by atoms with Crippen LogP contribution in [0.15, 0.2) is 83.8 Å².